The number of halogens is 2. The predicted molar refractivity (Wildman–Crippen MR) is 119 cm³/mol. The molecular formula is C22H23Cl2N3O3. The standard InChI is InChI=1S/C22H23Cl2N3O3/c1-22(2,21(29)26-17-10-15(23)9-16(24)11-17)27-13-30-18(12-25-3)19(20(27)28)14-7-5-4-6-8-14/h4-11,25H,12-13H2,1-3H3,(H,26,29). The first-order valence-corrected chi connectivity index (χ1v) is 10.1. The maximum atomic E-state index is 13.5. The first kappa shape index (κ1) is 22.2. The minimum absolute atomic E-state index is 0.0388. The van der Waals surface area contributed by atoms with Crippen molar-refractivity contribution in [1.82, 2.24) is 10.2 Å². The summed E-state index contributed by atoms with van der Waals surface area (Å²) in [4.78, 5) is 28.0. The molecule has 0 aromatic heterocycles. The smallest absolute Gasteiger partial charge is 0.261 e. The molecule has 6 nitrogen and oxygen atoms in total. The number of anilines is 1. The van der Waals surface area contributed by atoms with Crippen LogP contribution in [0.3, 0.4) is 0 Å². The number of amides is 2. The summed E-state index contributed by atoms with van der Waals surface area (Å²) in [5.41, 5.74) is 0.417. The lowest BCUT2D eigenvalue weighted by atomic mass is 9.96. The lowest BCUT2D eigenvalue weighted by molar-refractivity contribution is -0.147. The van der Waals surface area contributed by atoms with Crippen molar-refractivity contribution in [3.8, 4) is 0 Å². The number of ether oxygens (including phenoxy) is 1. The van der Waals surface area contributed by atoms with Gasteiger partial charge in [-0.3, -0.25) is 14.5 Å². The number of hydrogen-bond acceptors (Lipinski definition) is 4. The van der Waals surface area contributed by atoms with Crippen LogP contribution in [0.2, 0.25) is 10.0 Å². The summed E-state index contributed by atoms with van der Waals surface area (Å²) in [5.74, 6) is -0.119. The molecule has 0 atom stereocenters. The van der Waals surface area contributed by atoms with Crippen molar-refractivity contribution in [2.75, 3.05) is 25.6 Å². The number of carbonyl (C=O) groups is 2. The maximum Gasteiger partial charge on any atom is 0.261 e. The van der Waals surface area contributed by atoms with Gasteiger partial charge in [0.1, 0.15) is 11.3 Å². The van der Waals surface area contributed by atoms with Gasteiger partial charge in [0.25, 0.3) is 5.91 Å². The van der Waals surface area contributed by atoms with E-state index in [-0.39, 0.29) is 18.5 Å². The van der Waals surface area contributed by atoms with Crippen molar-refractivity contribution in [1.29, 1.82) is 0 Å². The Morgan fingerprint density at radius 1 is 1.13 bits per heavy atom. The van der Waals surface area contributed by atoms with Crippen molar-refractivity contribution < 1.29 is 14.3 Å². The molecule has 0 radical (unpaired) electrons. The number of nitrogens with one attached hydrogen (secondary N) is 2. The number of likely N-dealkylation sites (N-methyl/N-ethyl adjacent to an activating group) is 1. The summed E-state index contributed by atoms with van der Waals surface area (Å²) in [7, 11) is 1.78. The van der Waals surface area contributed by atoms with Crippen LogP contribution in [0.25, 0.3) is 5.57 Å². The largest absolute Gasteiger partial charge is 0.475 e. The van der Waals surface area contributed by atoms with E-state index >= 15 is 0 Å². The molecule has 1 heterocycles. The van der Waals surface area contributed by atoms with Gasteiger partial charge in [0.2, 0.25) is 5.91 Å². The van der Waals surface area contributed by atoms with E-state index in [0.29, 0.717) is 33.6 Å². The van der Waals surface area contributed by atoms with E-state index < -0.39 is 5.54 Å². The molecule has 2 aromatic carbocycles. The van der Waals surface area contributed by atoms with E-state index in [1.165, 1.54) is 4.90 Å². The Morgan fingerprint density at radius 2 is 1.77 bits per heavy atom. The number of hydrogen-bond donors (Lipinski definition) is 2. The predicted octanol–water partition coefficient (Wildman–Crippen LogP) is 4.16. The highest BCUT2D eigenvalue weighted by molar-refractivity contribution is 6.35. The highest BCUT2D eigenvalue weighted by Gasteiger charge is 2.42. The Balaban J connectivity index is 1.90. The fourth-order valence-electron chi connectivity index (χ4n) is 3.16. The third-order valence-corrected chi connectivity index (χ3v) is 5.29. The number of rotatable bonds is 6. The molecular weight excluding hydrogens is 425 g/mol. The third-order valence-electron chi connectivity index (χ3n) is 4.86. The summed E-state index contributed by atoms with van der Waals surface area (Å²) in [6.07, 6.45) is 0. The van der Waals surface area contributed by atoms with Crippen LogP contribution in [0.4, 0.5) is 5.69 Å². The van der Waals surface area contributed by atoms with Crippen LogP contribution in [0, 0.1) is 0 Å². The second-order valence-electron chi connectivity index (χ2n) is 7.37. The van der Waals surface area contributed by atoms with E-state index in [1.54, 1.807) is 39.1 Å². The van der Waals surface area contributed by atoms with E-state index in [4.69, 9.17) is 27.9 Å². The molecule has 158 valence electrons. The minimum Gasteiger partial charge on any atom is -0.475 e. The van der Waals surface area contributed by atoms with Crippen LogP contribution in [0.5, 0.6) is 0 Å². The zero-order valence-electron chi connectivity index (χ0n) is 17.0. The molecule has 2 amide bonds. The van der Waals surface area contributed by atoms with Crippen LogP contribution in [-0.4, -0.2) is 42.6 Å². The van der Waals surface area contributed by atoms with Gasteiger partial charge in [-0.1, -0.05) is 53.5 Å². The molecule has 0 spiro atoms. The molecule has 0 saturated heterocycles. The van der Waals surface area contributed by atoms with Gasteiger partial charge < -0.3 is 15.4 Å². The summed E-state index contributed by atoms with van der Waals surface area (Å²) >= 11 is 12.0. The normalized spacial score (nSPS) is 14.6. The first-order chi connectivity index (χ1) is 14.2. The van der Waals surface area contributed by atoms with Gasteiger partial charge in [0.15, 0.2) is 6.73 Å². The highest BCUT2D eigenvalue weighted by atomic mass is 35.5. The van der Waals surface area contributed by atoms with Crippen LogP contribution in [-0.2, 0) is 14.3 Å². The van der Waals surface area contributed by atoms with Crippen LogP contribution >= 0.6 is 23.2 Å². The Hall–Kier alpha value is -2.54. The molecule has 1 aliphatic rings. The molecule has 2 aromatic rings. The third kappa shape index (κ3) is 4.61. The van der Waals surface area contributed by atoms with Crippen molar-refractivity contribution in [3.05, 3.63) is 69.9 Å². The molecule has 3 rings (SSSR count). The van der Waals surface area contributed by atoms with Gasteiger partial charge >= 0.3 is 0 Å². The molecule has 1 aliphatic heterocycles. The van der Waals surface area contributed by atoms with Gasteiger partial charge in [0.05, 0.1) is 12.1 Å². The van der Waals surface area contributed by atoms with Crippen molar-refractivity contribution in [2.24, 2.45) is 0 Å². The lowest BCUT2D eigenvalue weighted by Crippen LogP contribution is -2.57. The molecule has 8 heteroatoms. The van der Waals surface area contributed by atoms with Gasteiger partial charge in [-0.2, -0.15) is 0 Å². The fraction of sp³-hybridized carbons (Fsp3) is 0.273. The second-order valence-corrected chi connectivity index (χ2v) is 8.25. The average Bonchev–Trinajstić information content (AvgIpc) is 2.68. The van der Waals surface area contributed by atoms with E-state index in [0.717, 1.165) is 5.56 Å². The second kappa shape index (κ2) is 9.08. The molecule has 0 unspecified atom stereocenters. The van der Waals surface area contributed by atoms with Crippen LogP contribution in [0.15, 0.2) is 54.3 Å². The lowest BCUT2D eigenvalue weighted by Gasteiger charge is -2.40. The summed E-state index contributed by atoms with van der Waals surface area (Å²) < 4.78 is 5.89. The quantitative estimate of drug-likeness (QED) is 0.697. The van der Waals surface area contributed by atoms with Gasteiger partial charge in [0, 0.05) is 15.7 Å². The zero-order valence-corrected chi connectivity index (χ0v) is 18.5. The first-order valence-electron chi connectivity index (χ1n) is 9.39. The van der Waals surface area contributed by atoms with Crippen LogP contribution in [0.1, 0.15) is 19.4 Å². The average molecular weight is 448 g/mol. The zero-order chi connectivity index (χ0) is 21.9. The van der Waals surface area contributed by atoms with Crippen molar-refractivity contribution >= 4 is 46.3 Å². The molecule has 2 N–H and O–H groups in total. The van der Waals surface area contributed by atoms with E-state index in [2.05, 4.69) is 10.6 Å². The Labute approximate surface area is 185 Å². The Morgan fingerprint density at radius 3 is 2.37 bits per heavy atom. The topological polar surface area (TPSA) is 70.7 Å². The SMILES string of the molecule is CNCC1=C(c2ccccc2)C(=O)N(C(C)(C)C(=O)Nc2cc(Cl)cc(Cl)c2)CO1. The van der Waals surface area contributed by atoms with Crippen molar-refractivity contribution in [3.63, 3.8) is 0 Å². The molecule has 0 fully saturated rings. The summed E-state index contributed by atoms with van der Waals surface area (Å²) in [6.45, 7) is 3.70. The minimum atomic E-state index is -1.20. The fourth-order valence-corrected chi connectivity index (χ4v) is 3.69. The van der Waals surface area contributed by atoms with E-state index in [1.807, 2.05) is 30.3 Å². The summed E-state index contributed by atoms with van der Waals surface area (Å²) in [6, 6.07) is 14.0. The molecule has 30 heavy (non-hydrogen) atoms. The summed E-state index contributed by atoms with van der Waals surface area (Å²) in [5, 5.41) is 6.61. The van der Waals surface area contributed by atoms with Crippen molar-refractivity contribution in [2.45, 2.75) is 19.4 Å². The Kier molecular flexibility index (Phi) is 6.71. The molecule has 0 bridgehead atoms. The number of nitrogens with zero attached hydrogens (tertiary/aromatic N) is 1. The molecule has 0 aliphatic carbocycles. The van der Waals surface area contributed by atoms with E-state index in [9.17, 15) is 9.59 Å². The molecule has 0 saturated carbocycles. The monoisotopic (exact) mass is 447 g/mol. The van der Waals surface area contributed by atoms with Crippen LogP contribution < -0.4 is 10.6 Å². The highest BCUT2D eigenvalue weighted by Crippen LogP contribution is 2.31. The number of carbonyl (C=O) groups excluding carboxylic acids is 2. The van der Waals surface area contributed by atoms with Gasteiger partial charge in [-0.05, 0) is 44.7 Å². The maximum absolute atomic E-state index is 13.5. The Bertz CT molecular complexity index is 970. The van der Waals surface area contributed by atoms with Gasteiger partial charge in [-0.15, -0.1) is 0 Å². The number of benzene rings is 2. The van der Waals surface area contributed by atoms with Gasteiger partial charge in [-0.25, -0.2) is 0 Å².